The van der Waals surface area contributed by atoms with Crippen LogP contribution in [-0.2, 0) is 18.9 Å². The van der Waals surface area contributed by atoms with Crippen molar-refractivity contribution in [1.29, 1.82) is 0 Å². The van der Waals surface area contributed by atoms with Gasteiger partial charge in [0.05, 0.1) is 22.4 Å². The predicted octanol–water partition coefficient (Wildman–Crippen LogP) is 6.96. The molecule has 0 saturated carbocycles. The first-order valence-corrected chi connectivity index (χ1v) is 13.3. The molecule has 42 heavy (non-hydrogen) atoms. The van der Waals surface area contributed by atoms with Crippen molar-refractivity contribution in [3.05, 3.63) is 95.2 Å². The zero-order valence-corrected chi connectivity index (χ0v) is 22.9. The van der Waals surface area contributed by atoms with Crippen molar-refractivity contribution in [3.8, 4) is 11.3 Å². The molecule has 4 aromatic rings. The number of nitrogens with zero attached hydrogens (tertiary/aromatic N) is 4. The Labute approximate surface area is 239 Å². The first kappa shape index (κ1) is 29.4. The van der Waals surface area contributed by atoms with Crippen molar-refractivity contribution in [2.45, 2.75) is 18.9 Å². The molecule has 2 heterocycles. The second kappa shape index (κ2) is 11.3. The number of alkyl halides is 6. The third kappa shape index (κ3) is 6.20. The largest absolute Gasteiger partial charge is 0.416 e. The molecule has 1 saturated heterocycles. The van der Waals surface area contributed by atoms with Gasteiger partial charge < -0.3 is 14.7 Å². The fourth-order valence-corrected chi connectivity index (χ4v) is 5.19. The van der Waals surface area contributed by atoms with Gasteiger partial charge in [0.1, 0.15) is 0 Å². The van der Waals surface area contributed by atoms with Crippen LogP contribution in [0.4, 0.5) is 32.0 Å². The molecule has 5 rings (SSSR count). The van der Waals surface area contributed by atoms with E-state index >= 15 is 0 Å². The average molecular weight is 587 g/mol. The smallest absolute Gasteiger partial charge is 0.369 e. The van der Waals surface area contributed by atoms with Gasteiger partial charge in [-0.25, -0.2) is 0 Å². The Morgan fingerprint density at radius 1 is 0.857 bits per heavy atom. The molecular formula is C31H28F6N4O. The van der Waals surface area contributed by atoms with E-state index in [0.29, 0.717) is 23.4 Å². The maximum Gasteiger partial charge on any atom is 0.416 e. The van der Waals surface area contributed by atoms with Gasteiger partial charge in [0.25, 0.3) is 5.91 Å². The molecule has 0 atom stereocenters. The number of anilines is 1. The minimum atomic E-state index is -4.98. The Morgan fingerprint density at radius 3 is 2.17 bits per heavy atom. The van der Waals surface area contributed by atoms with Gasteiger partial charge in [-0.05, 0) is 65.8 Å². The highest BCUT2D eigenvalue weighted by molar-refractivity contribution is 6.05. The summed E-state index contributed by atoms with van der Waals surface area (Å²) >= 11 is 0. The molecule has 1 aliphatic heterocycles. The van der Waals surface area contributed by atoms with Gasteiger partial charge in [-0.2, -0.15) is 26.3 Å². The lowest BCUT2D eigenvalue weighted by Crippen LogP contribution is -2.44. The van der Waals surface area contributed by atoms with Gasteiger partial charge in [-0.15, -0.1) is 0 Å². The Kier molecular flexibility index (Phi) is 7.89. The van der Waals surface area contributed by atoms with Crippen molar-refractivity contribution in [3.63, 3.8) is 0 Å². The lowest BCUT2D eigenvalue weighted by molar-refractivity contribution is -0.143. The van der Waals surface area contributed by atoms with Crippen molar-refractivity contribution >= 4 is 22.4 Å². The molecule has 1 amide bonds. The molecule has 0 radical (unpaired) electrons. The van der Waals surface area contributed by atoms with Crippen LogP contribution < -0.4 is 4.90 Å². The van der Waals surface area contributed by atoms with Crippen LogP contribution in [0.2, 0.25) is 0 Å². The number of carbonyl (C=O) groups excluding carboxylic acids is 1. The Balaban J connectivity index is 1.46. The number of piperazine rings is 1. The zero-order chi connectivity index (χ0) is 30.2. The molecule has 3 aromatic carbocycles. The van der Waals surface area contributed by atoms with Crippen LogP contribution in [0, 0.1) is 0 Å². The Hall–Kier alpha value is -4.12. The molecule has 1 fully saturated rings. The lowest BCUT2D eigenvalue weighted by Gasteiger charge is -2.34. The first-order valence-electron chi connectivity index (χ1n) is 13.3. The maximum absolute atomic E-state index is 13.6. The van der Waals surface area contributed by atoms with Crippen LogP contribution >= 0.6 is 0 Å². The second-order valence-corrected chi connectivity index (χ2v) is 10.5. The minimum absolute atomic E-state index is 0.0696. The number of pyridine rings is 1. The van der Waals surface area contributed by atoms with E-state index in [9.17, 15) is 31.1 Å². The number of carbonyl (C=O) groups is 1. The third-order valence-electron chi connectivity index (χ3n) is 7.44. The standard InChI is InChI=1S/C31H28F6N4O/c1-39-11-13-41(14-12-39)24-8-9-25-21(17-24)5-3-6-26(25)28-27(7-4-10-38-28)29(42)40(2)19-20-15-22(30(32,33)34)18-23(16-20)31(35,36)37/h3-10,15-18H,11-14,19H2,1-2H3. The number of fused-ring (bicyclic) bond motifs is 1. The highest BCUT2D eigenvalue weighted by Gasteiger charge is 2.37. The fourth-order valence-electron chi connectivity index (χ4n) is 5.19. The highest BCUT2D eigenvalue weighted by atomic mass is 19.4. The third-order valence-corrected chi connectivity index (χ3v) is 7.44. The van der Waals surface area contributed by atoms with Crippen LogP contribution in [0.25, 0.3) is 22.0 Å². The van der Waals surface area contributed by atoms with E-state index in [1.54, 1.807) is 12.1 Å². The number of aromatic nitrogens is 1. The summed E-state index contributed by atoms with van der Waals surface area (Å²) in [6, 6.07) is 16.2. The molecule has 0 spiro atoms. The number of rotatable bonds is 5. The maximum atomic E-state index is 13.6. The van der Waals surface area contributed by atoms with Gasteiger partial charge in [0.15, 0.2) is 0 Å². The SMILES string of the molecule is CN1CCN(c2ccc3c(-c4ncccc4C(=O)N(C)Cc4cc(C(F)(F)F)cc(C(F)(F)F)c4)cccc3c2)CC1. The van der Waals surface area contributed by atoms with Crippen LogP contribution in [0.1, 0.15) is 27.0 Å². The summed E-state index contributed by atoms with van der Waals surface area (Å²) in [5.41, 5.74) is -0.827. The van der Waals surface area contributed by atoms with E-state index in [1.807, 2.05) is 30.3 Å². The van der Waals surface area contributed by atoms with E-state index in [4.69, 9.17) is 0 Å². The van der Waals surface area contributed by atoms with Gasteiger partial charge >= 0.3 is 12.4 Å². The number of benzene rings is 3. The molecular weight excluding hydrogens is 558 g/mol. The van der Waals surface area contributed by atoms with Gasteiger partial charge in [0.2, 0.25) is 0 Å². The van der Waals surface area contributed by atoms with Crippen molar-refractivity contribution in [2.24, 2.45) is 0 Å². The molecule has 0 bridgehead atoms. The molecule has 0 aliphatic carbocycles. The fraction of sp³-hybridized carbons (Fsp3) is 0.290. The quantitative estimate of drug-likeness (QED) is 0.237. The van der Waals surface area contributed by atoms with Gasteiger partial charge in [-0.3, -0.25) is 9.78 Å². The van der Waals surface area contributed by atoms with Crippen LogP contribution in [0.5, 0.6) is 0 Å². The monoisotopic (exact) mass is 586 g/mol. The van der Waals surface area contributed by atoms with Crippen molar-refractivity contribution in [1.82, 2.24) is 14.8 Å². The summed E-state index contributed by atoms with van der Waals surface area (Å²) in [6.07, 6.45) is -8.42. The van der Waals surface area contributed by atoms with Gasteiger partial charge in [-0.1, -0.05) is 24.3 Å². The van der Waals surface area contributed by atoms with E-state index in [2.05, 4.69) is 27.9 Å². The van der Waals surface area contributed by atoms with Crippen LogP contribution in [0.3, 0.4) is 0 Å². The lowest BCUT2D eigenvalue weighted by atomic mass is 9.97. The first-order chi connectivity index (χ1) is 19.8. The second-order valence-electron chi connectivity index (χ2n) is 10.5. The van der Waals surface area contributed by atoms with E-state index in [1.165, 1.54) is 13.2 Å². The number of likely N-dealkylation sites (N-methyl/N-ethyl adjacent to an activating group) is 1. The predicted molar refractivity (Wildman–Crippen MR) is 149 cm³/mol. The van der Waals surface area contributed by atoms with E-state index in [0.717, 1.165) is 47.5 Å². The van der Waals surface area contributed by atoms with E-state index < -0.39 is 35.9 Å². The topological polar surface area (TPSA) is 39.7 Å². The number of hydrogen-bond acceptors (Lipinski definition) is 4. The number of amides is 1. The summed E-state index contributed by atoms with van der Waals surface area (Å²) in [5.74, 6) is -0.588. The summed E-state index contributed by atoms with van der Waals surface area (Å²) in [7, 11) is 3.42. The van der Waals surface area contributed by atoms with Gasteiger partial charge in [0, 0.05) is 57.2 Å². The summed E-state index contributed by atoms with van der Waals surface area (Å²) in [4.78, 5) is 23.7. The molecule has 1 aliphatic rings. The van der Waals surface area contributed by atoms with Crippen molar-refractivity contribution < 1.29 is 31.1 Å². The summed E-state index contributed by atoms with van der Waals surface area (Å²) < 4.78 is 80.1. The molecule has 5 nitrogen and oxygen atoms in total. The Bertz CT molecular complexity index is 1580. The Morgan fingerprint density at radius 2 is 1.52 bits per heavy atom. The molecule has 220 valence electrons. The molecule has 1 aromatic heterocycles. The zero-order valence-electron chi connectivity index (χ0n) is 22.9. The van der Waals surface area contributed by atoms with E-state index in [-0.39, 0.29) is 17.2 Å². The number of halogens is 6. The molecule has 0 N–H and O–H groups in total. The molecule has 0 unspecified atom stereocenters. The van der Waals surface area contributed by atoms with Crippen LogP contribution in [0.15, 0.2) is 72.9 Å². The number of hydrogen-bond donors (Lipinski definition) is 0. The summed E-state index contributed by atoms with van der Waals surface area (Å²) in [6.45, 7) is 3.27. The minimum Gasteiger partial charge on any atom is -0.369 e. The normalized spacial score (nSPS) is 14.8. The highest BCUT2D eigenvalue weighted by Crippen LogP contribution is 2.37. The average Bonchev–Trinajstić information content (AvgIpc) is 2.95. The van der Waals surface area contributed by atoms with Crippen LogP contribution in [-0.4, -0.2) is 61.0 Å². The summed E-state index contributed by atoms with van der Waals surface area (Å²) in [5, 5.41) is 1.81. The molecule has 11 heteroatoms. The van der Waals surface area contributed by atoms with Crippen molar-refractivity contribution in [2.75, 3.05) is 45.2 Å².